The summed E-state index contributed by atoms with van der Waals surface area (Å²) in [5.41, 5.74) is 2.11. The Bertz CT molecular complexity index is 862. The van der Waals surface area contributed by atoms with Crippen LogP contribution in [-0.2, 0) is 13.1 Å². The van der Waals surface area contributed by atoms with E-state index in [2.05, 4.69) is 15.7 Å². The standard InChI is InChI=1S/C18H16Cl2N4S/c19-15-7-5-13(6-8-15)11-21-18(25)22-17-9-10-24(23-17)12-14-3-1-2-4-16(14)20/h1-10H,11-12H2,(H2,21,22,23,25). The molecular weight excluding hydrogens is 375 g/mol. The van der Waals surface area contributed by atoms with Gasteiger partial charge >= 0.3 is 0 Å². The molecule has 2 N–H and O–H groups in total. The van der Waals surface area contributed by atoms with Crippen LogP contribution in [0.2, 0.25) is 10.0 Å². The van der Waals surface area contributed by atoms with E-state index in [4.69, 9.17) is 35.4 Å². The third-order valence-corrected chi connectivity index (χ3v) is 4.41. The Hall–Kier alpha value is -2.08. The quantitative estimate of drug-likeness (QED) is 0.618. The Balaban J connectivity index is 1.53. The van der Waals surface area contributed by atoms with Gasteiger partial charge in [-0.15, -0.1) is 0 Å². The van der Waals surface area contributed by atoms with Crippen molar-refractivity contribution in [2.45, 2.75) is 13.1 Å². The van der Waals surface area contributed by atoms with Crippen molar-refractivity contribution in [3.8, 4) is 0 Å². The van der Waals surface area contributed by atoms with Crippen LogP contribution >= 0.6 is 35.4 Å². The number of rotatable bonds is 5. The van der Waals surface area contributed by atoms with Crippen molar-refractivity contribution in [3.05, 3.63) is 82.0 Å². The molecule has 0 saturated heterocycles. The fourth-order valence-corrected chi connectivity index (χ4v) is 2.76. The van der Waals surface area contributed by atoms with Crippen LogP contribution in [0.5, 0.6) is 0 Å². The van der Waals surface area contributed by atoms with Gasteiger partial charge in [0.1, 0.15) is 0 Å². The van der Waals surface area contributed by atoms with E-state index >= 15 is 0 Å². The Morgan fingerprint density at radius 3 is 2.56 bits per heavy atom. The minimum atomic E-state index is 0.512. The van der Waals surface area contributed by atoms with Crippen molar-refractivity contribution in [3.63, 3.8) is 0 Å². The van der Waals surface area contributed by atoms with Crippen molar-refractivity contribution in [2.75, 3.05) is 5.32 Å². The van der Waals surface area contributed by atoms with Crippen LogP contribution in [0.4, 0.5) is 5.82 Å². The van der Waals surface area contributed by atoms with E-state index < -0.39 is 0 Å². The molecule has 0 aliphatic carbocycles. The lowest BCUT2D eigenvalue weighted by Crippen LogP contribution is -2.28. The van der Waals surface area contributed by atoms with Crippen LogP contribution in [0.15, 0.2) is 60.8 Å². The van der Waals surface area contributed by atoms with Crippen molar-refractivity contribution >= 4 is 46.4 Å². The van der Waals surface area contributed by atoms with E-state index in [0.717, 1.165) is 16.1 Å². The van der Waals surface area contributed by atoms with Gasteiger partial charge in [-0.25, -0.2) is 0 Å². The summed E-state index contributed by atoms with van der Waals surface area (Å²) in [6.45, 7) is 1.22. The molecule has 0 saturated carbocycles. The summed E-state index contributed by atoms with van der Waals surface area (Å²) >= 11 is 17.4. The molecule has 0 atom stereocenters. The SMILES string of the molecule is S=C(NCc1ccc(Cl)cc1)Nc1ccn(Cc2ccccc2Cl)n1. The van der Waals surface area contributed by atoms with Gasteiger partial charge in [-0.05, 0) is 41.5 Å². The first kappa shape index (κ1) is 17.7. The molecule has 1 heterocycles. The van der Waals surface area contributed by atoms with Crippen LogP contribution < -0.4 is 10.6 Å². The molecule has 3 aromatic rings. The number of thiocarbonyl (C=S) groups is 1. The summed E-state index contributed by atoms with van der Waals surface area (Å²) in [5, 5.41) is 12.6. The minimum Gasteiger partial charge on any atom is -0.358 e. The zero-order valence-corrected chi connectivity index (χ0v) is 15.6. The van der Waals surface area contributed by atoms with E-state index in [1.54, 1.807) is 0 Å². The molecule has 25 heavy (non-hydrogen) atoms. The Morgan fingerprint density at radius 1 is 1.04 bits per heavy atom. The van der Waals surface area contributed by atoms with Crippen molar-refractivity contribution in [1.82, 2.24) is 15.1 Å². The first-order valence-electron chi connectivity index (χ1n) is 7.66. The average molecular weight is 391 g/mol. The predicted octanol–water partition coefficient (Wildman–Crippen LogP) is 4.72. The van der Waals surface area contributed by atoms with Crippen LogP contribution in [0.3, 0.4) is 0 Å². The summed E-state index contributed by atoms with van der Waals surface area (Å²) in [5.74, 6) is 0.681. The fourth-order valence-electron chi connectivity index (χ4n) is 2.26. The monoisotopic (exact) mass is 390 g/mol. The van der Waals surface area contributed by atoms with Gasteiger partial charge in [0.2, 0.25) is 0 Å². The molecule has 3 rings (SSSR count). The van der Waals surface area contributed by atoms with Crippen molar-refractivity contribution in [2.24, 2.45) is 0 Å². The minimum absolute atomic E-state index is 0.512. The maximum atomic E-state index is 6.18. The summed E-state index contributed by atoms with van der Waals surface area (Å²) in [4.78, 5) is 0. The molecule has 4 nitrogen and oxygen atoms in total. The Morgan fingerprint density at radius 2 is 1.80 bits per heavy atom. The number of halogens is 2. The van der Waals surface area contributed by atoms with Crippen LogP contribution in [-0.4, -0.2) is 14.9 Å². The molecule has 0 amide bonds. The molecule has 0 aliphatic heterocycles. The predicted molar refractivity (Wildman–Crippen MR) is 107 cm³/mol. The third kappa shape index (κ3) is 5.19. The van der Waals surface area contributed by atoms with E-state index in [9.17, 15) is 0 Å². The van der Waals surface area contributed by atoms with Crippen LogP contribution in [0.25, 0.3) is 0 Å². The van der Waals surface area contributed by atoms with Gasteiger partial charge in [0.25, 0.3) is 0 Å². The number of nitrogens with zero attached hydrogens (tertiary/aromatic N) is 2. The van der Waals surface area contributed by atoms with Crippen LogP contribution in [0.1, 0.15) is 11.1 Å². The summed E-state index contributed by atoms with van der Waals surface area (Å²) < 4.78 is 1.81. The van der Waals surface area contributed by atoms with Gasteiger partial charge in [-0.3, -0.25) is 4.68 Å². The van der Waals surface area contributed by atoms with E-state index in [1.807, 2.05) is 65.5 Å². The number of hydrogen-bond donors (Lipinski definition) is 2. The highest BCUT2D eigenvalue weighted by Crippen LogP contribution is 2.16. The fraction of sp³-hybridized carbons (Fsp3) is 0.111. The maximum Gasteiger partial charge on any atom is 0.172 e. The summed E-state index contributed by atoms with van der Waals surface area (Å²) in [7, 11) is 0. The normalized spacial score (nSPS) is 10.5. The molecular formula is C18H16Cl2N4S. The van der Waals surface area contributed by atoms with E-state index in [-0.39, 0.29) is 0 Å². The van der Waals surface area contributed by atoms with Crippen LogP contribution in [0, 0.1) is 0 Å². The second-order valence-corrected chi connectivity index (χ2v) is 6.68. The molecule has 0 unspecified atom stereocenters. The van der Waals surface area contributed by atoms with E-state index in [0.29, 0.717) is 29.0 Å². The highest BCUT2D eigenvalue weighted by Gasteiger charge is 2.04. The van der Waals surface area contributed by atoms with Gasteiger partial charge in [0.15, 0.2) is 10.9 Å². The van der Waals surface area contributed by atoms with Gasteiger partial charge in [-0.2, -0.15) is 5.10 Å². The van der Waals surface area contributed by atoms with E-state index in [1.165, 1.54) is 0 Å². The van der Waals surface area contributed by atoms with Gasteiger partial charge in [0, 0.05) is 28.9 Å². The Kier molecular flexibility index (Phi) is 5.91. The number of hydrogen-bond acceptors (Lipinski definition) is 2. The highest BCUT2D eigenvalue weighted by molar-refractivity contribution is 7.80. The van der Waals surface area contributed by atoms with Gasteiger partial charge < -0.3 is 10.6 Å². The lowest BCUT2D eigenvalue weighted by Gasteiger charge is -2.09. The molecule has 7 heteroatoms. The number of nitrogens with one attached hydrogen (secondary N) is 2. The molecule has 1 aromatic heterocycles. The van der Waals surface area contributed by atoms with Gasteiger partial charge in [0.05, 0.1) is 6.54 Å². The lowest BCUT2D eigenvalue weighted by molar-refractivity contribution is 0.690. The smallest absolute Gasteiger partial charge is 0.172 e. The molecule has 0 aliphatic rings. The molecule has 0 fully saturated rings. The Labute approximate surface area is 161 Å². The highest BCUT2D eigenvalue weighted by atomic mass is 35.5. The van der Waals surface area contributed by atoms with Crippen molar-refractivity contribution < 1.29 is 0 Å². The zero-order valence-electron chi connectivity index (χ0n) is 13.2. The largest absolute Gasteiger partial charge is 0.358 e. The number of anilines is 1. The first-order chi connectivity index (χ1) is 12.1. The number of aromatic nitrogens is 2. The number of benzene rings is 2. The lowest BCUT2D eigenvalue weighted by atomic mass is 10.2. The maximum absolute atomic E-state index is 6.18. The van der Waals surface area contributed by atoms with Gasteiger partial charge in [-0.1, -0.05) is 53.5 Å². The molecule has 0 bridgehead atoms. The first-order valence-corrected chi connectivity index (χ1v) is 8.83. The molecule has 2 aromatic carbocycles. The third-order valence-electron chi connectivity index (χ3n) is 3.54. The molecule has 128 valence electrons. The summed E-state index contributed by atoms with van der Waals surface area (Å²) in [6, 6.07) is 17.2. The zero-order chi connectivity index (χ0) is 17.6. The second kappa shape index (κ2) is 8.34. The second-order valence-electron chi connectivity index (χ2n) is 5.42. The average Bonchev–Trinajstić information content (AvgIpc) is 3.03. The molecule has 0 radical (unpaired) electrons. The summed E-state index contributed by atoms with van der Waals surface area (Å²) in [6.07, 6.45) is 1.88. The topological polar surface area (TPSA) is 41.9 Å². The van der Waals surface area contributed by atoms with Crippen molar-refractivity contribution in [1.29, 1.82) is 0 Å². The molecule has 0 spiro atoms.